The molecule has 70 valence electrons. The highest BCUT2D eigenvalue weighted by Crippen LogP contribution is 2.28. The van der Waals surface area contributed by atoms with Crippen LogP contribution < -0.4 is 10.1 Å². The maximum absolute atomic E-state index is 6.04. The minimum atomic E-state index is -0.106. The van der Waals surface area contributed by atoms with Crippen LogP contribution in [0, 0.1) is 0 Å². The highest BCUT2D eigenvalue weighted by molar-refractivity contribution is 6.20. The summed E-state index contributed by atoms with van der Waals surface area (Å²) < 4.78 is 5.40. The number of fused-ring (bicyclic) bond motifs is 1. The second-order valence-corrected chi connectivity index (χ2v) is 3.55. The molecule has 1 unspecified atom stereocenters. The Bertz CT molecular complexity index is 314. The standard InChI is InChI=1S/C10H12ClNO/c1-12-10(11)8-2-3-9-7(6-8)4-5-13-9/h2-3,6,10,12H,4-5H2,1H3. The maximum Gasteiger partial charge on any atom is 0.122 e. The largest absolute Gasteiger partial charge is 0.493 e. The molecule has 1 N–H and O–H groups in total. The lowest BCUT2D eigenvalue weighted by molar-refractivity contribution is 0.357. The molecule has 0 spiro atoms. The molecule has 1 aromatic carbocycles. The zero-order chi connectivity index (χ0) is 9.26. The SMILES string of the molecule is CNC(Cl)c1ccc2c(c1)CCO2. The lowest BCUT2D eigenvalue weighted by atomic mass is 10.1. The molecule has 1 aliphatic rings. The van der Waals surface area contributed by atoms with Crippen molar-refractivity contribution >= 4 is 11.6 Å². The summed E-state index contributed by atoms with van der Waals surface area (Å²) in [5.74, 6) is 1.00. The van der Waals surface area contributed by atoms with Gasteiger partial charge in [0.1, 0.15) is 11.3 Å². The second-order valence-electron chi connectivity index (χ2n) is 3.12. The molecule has 3 heteroatoms. The van der Waals surface area contributed by atoms with Crippen molar-refractivity contribution in [1.29, 1.82) is 0 Å². The van der Waals surface area contributed by atoms with Gasteiger partial charge in [-0.25, -0.2) is 0 Å². The summed E-state index contributed by atoms with van der Waals surface area (Å²) in [6.07, 6.45) is 0.997. The van der Waals surface area contributed by atoms with Gasteiger partial charge in [0.25, 0.3) is 0 Å². The molecule has 13 heavy (non-hydrogen) atoms. The van der Waals surface area contributed by atoms with E-state index in [-0.39, 0.29) is 5.50 Å². The topological polar surface area (TPSA) is 21.3 Å². The van der Waals surface area contributed by atoms with Crippen LogP contribution in [-0.2, 0) is 6.42 Å². The van der Waals surface area contributed by atoms with Gasteiger partial charge in [0.2, 0.25) is 0 Å². The van der Waals surface area contributed by atoms with Crippen molar-refractivity contribution in [1.82, 2.24) is 5.32 Å². The summed E-state index contributed by atoms with van der Waals surface area (Å²) in [7, 11) is 1.85. The summed E-state index contributed by atoms with van der Waals surface area (Å²) in [6, 6.07) is 6.10. The summed E-state index contributed by atoms with van der Waals surface area (Å²) in [4.78, 5) is 0. The van der Waals surface area contributed by atoms with Crippen LogP contribution in [0.3, 0.4) is 0 Å². The Morgan fingerprint density at radius 2 is 2.38 bits per heavy atom. The first-order valence-electron chi connectivity index (χ1n) is 4.38. The van der Waals surface area contributed by atoms with Gasteiger partial charge >= 0.3 is 0 Å². The number of benzene rings is 1. The predicted octanol–water partition coefficient (Wildman–Crippen LogP) is 2.08. The molecule has 0 fully saturated rings. The maximum atomic E-state index is 6.04. The van der Waals surface area contributed by atoms with Gasteiger partial charge in [-0.1, -0.05) is 6.07 Å². The molecule has 0 saturated heterocycles. The Morgan fingerprint density at radius 3 is 3.15 bits per heavy atom. The van der Waals surface area contributed by atoms with Gasteiger partial charge < -0.3 is 10.1 Å². The summed E-state index contributed by atoms with van der Waals surface area (Å²) in [5.41, 5.74) is 2.26. The third kappa shape index (κ3) is 1.64. The fraction of sp³-hybridized carbons (Fsp3) is 0.400. The molecule has 2 nitrogen and oxygen atoms in total. The van der Waals surface area contributed by atoms with E-state index in [2.05, 4.69) is 11.4 Å². The monoisotopic (exact) mass is 197 g/mol. The lowest BCUT2D eigenvalue weighted by Gasteiger charge is -2.09. The van der Waals surface area contributed by atoms with E-state index in [1.54, 1.807) is 0 Å². The first-order chi connectivity index (χ1) is 6.31. The Labute approximate surface area is 82.9 Å². The van der Waals surface area contributed by atoms with Crippen molar-refractivity contribution in [3.05, 3.63) is 29.3 Å². The van der Waals surface area contributed by atoms with Crippen molar-refractivity contribution in [3.63, 3.8) is 0 Å². The molecule has 0 radical (unpaired) electrons. The van der Waals surface area contributed by atoms with E-state index in [0.717, 1.165) is 24.3 Å². The van der Waals surface area contributed by atoms with E-state index >= 15 is 0 Å². The summed E-state index contributed by atoms with van der Waals surface area (Å²) >= 11 is 6.04. The molecule has 0 bridgehead atoms. The average molecular weight is 198 g/mol. The van der Waals surface area contributed by atoms with Gasteiger partial charge in [-0.3, -0.25) is 0 Å². The zero-order valence-electron chi connectivity index (χ0n) is 7.51. The van der Waals surface area contributed by atoms with Crippen molar-refractivity contribution in [2.75, 3.05) is 13.7 Å². The van der Waals surface area contributed by atoms with Crippen LogP contribution in [0.1, 0.15) is 16.6 Å². The number of rotatable bonds is 2. The first kappa shape index (κ1) is 8.85. The normalized spacial score (nSPS) is 16.5. The number of nitrogens with one attached hydrogen (secondary N) is 1. The molecule has 1 aliphatic heterocycles. The Balaban J connectivity index is 2.30. The van der Waals surface area contributed by atoms with E-state index in [4.69, 9.17) is 16.3 Å². The number of hydrogen-bond acceptors (Lipinski definition) is 2. The molecule has 1 heterocycles. The second kappa shape index (κ2) is 3.56. The number of halogens is 1. The Morgan fingerprint density at radius 1 is 1.54 bits per heavy atom. The summed E-state index contributed by atoms with van der Waals surface area (Å²) in [6.45, 7) is 0.797. The lowest BCUT2D eigenvalue weighted by Crippen LogP contribution is -2.09. The molecule has 0 aliphatic carbocycles. The smallest absolute Gasteiger partial charge is 0.122 e. The fourth-order valence-electron chi connectivity index (χ4n) is 1.53. The quantitative estimate of drug-likeness (QED) is 0.579. The van der Waals surface area contributed by atoms with Gasteiger partial charge in [-0.2, -0.15) is 0 Å². The van der Waals surface area contributed by atoms with Crippen molar-refractivity contribution < 1.29 is 4.74 Å². The number of ether oxygens (including phenoxy) is 1. The van der Waals surface area contributed by atoms with Crippen LogP contribution in [-0.4, -0.2) is 13.7 Å². The summed E-state index contributed by atoms with van der Waals surface area (Å²) in [5, 5.41) is 3.00. The van der Waals surface area contributed by atoms with E-state index in [0.29, 0.717) is 0 Å². The average Bonchev–Trinajstić information content (AvgIpc) is 2.63. The van der Waals surface area contributed by atoms with Crippen LogP contribution in [0.5, 0.6) is 5.75 Å². The van der Waals surface area contributed by atoms with E-state index in [1.807, 2.05) is 19.2 Å². The van der Waals surface area contributed by atoms with Crippen molar-refractivity contribution in [2.24, 2.45) is 0 Å². The minimum Gasteiger partial charge on any atom is -0.493 e. The highest BCUT2D eigenvalue weighted by Gasteiger charge is 2.14. The predicted molar refractivity (Wildman–Crippen MR) is 53.3 cm³/mol. The van der Waals surface area contributed by atoms with E-state index < -0.39 is 0 Å². The van der Waals surface area contributed by atoms with Crippen molar-refractivity contribution in [2.45, 2.75) is 11.9 Å². The van der Waals surface area contributed by atoms with Crippen LogP contribution >= 0.6 is 11.6 Å². The van der Waals surface area contributed by atoms with Gasteiger partial charge in [-0.15, -0.1) is 11.6 Å². The van der Waals surface area contributed by atoms with Crippen LogP contribution in [0.2, 0.25) is 0 Å². The molecule has 1 atom stereocenters. The van der Waals surface area contributed by atoms with Gasteiger partial charge in [0.05, 0.1) is 6.61 Å². The number of hydrogen-bond donors (Lipinski definition) is 1. The van der Waals surface area contributed by atoms with Crippen molar-refractivity contribution in [3.8, 4) is 5.75 Å². The fourth-order valence-corrected chi connectivity index (χ4v) is 1.67. The molecule has 0 aromatic heterocycles. The third-order valence-corrected chi connectivity index (χ3v) is 2.73. The highest BCUT2D eigenvalue weighted by atomic mass is 35.5. The first-order valence-corrected chi connectivity index (χ1v) is 4.82. The van der Waals surface area contributed by atoms with Gasteiger partial charge in [0.15, 0.2) is 0 Å². The van der Waals surface area contributed by atoms with Gasteiger partial charge in [-0.05, 0) is 30.3 Å². The molecular weight excluding hydrogens is 186 g/mol. The Hall–Kier alpha value is -0.730. The molecular formula is C10H12ClNO. The molecule has 2 rings (SSSR count). The molecule has 1 aromatic rings. The van der Waals surface area contributed by atoms with E-state index in [9.17, 15) is 0 Å². The van der Waals surface area contributed by atoms with Crippen LogP contribution in [0.15, 0.2) is 18.2 Å². The molecule has 0 amide bonds. The van der Waals surface area contributed by atoms with Crippen LogP contribution in [0.4, 0.5) is 0 Å². The third-order valence-electron chi connectivity index (χ3n) is 2.26. The zero-order valence-corrected chi connectivity index (χ0v) is 8.27. The minimum absolute atomic E-state index is 0.106. The Kier molecular flexibility index (Phi) is 2.42. The van der Waals surface area contributed by atoms with Gasteiger partial charge in [0, 0.05) is 6.42 Å². The number of alkyl halides is 1. The molecule has 0 saturated carbocycles. The van der Waals surface area contributed by atoms with Crippen LogP contribution in [0.25, 0.3) is 0 Å². The van der Waals surface area contributed by atoms with E-state index in [1.165, 1.54) is 5.56 Å².